The Morgan fingerprint density at radius 1 is 1.36 bits per heavy atom. The first-order valence-corrected chi connectivity index (χ1v) is 8.62. The molecule has 2 aliphatic heterocycles. The predicted molar refractivity (Wildman–Crippen MR) is 90.1 cm³/mol. The Hall–Kier alpha value is -2.09. The first-order chi connectivity index (χ1) is 11.7. The van der Waals surface area contributed by atoms with Gasteiger partial charge in [0.1, 0.15) is 11.3 Å². The molecule has 0 spiro atoms. The van der Waals surface area contributed by atoms with E-state index in [2.05, 4.69) is 5.10 Å². The van der Waals surface area contributed by atoms with E-state index in [9.17, 15) is 14.7 Å². The number of hydrogen-bond acceptors (Lipinski definition) is 5. The Bertz CT molecular complexity index is 692. The van der Waals surface area contributed by atoms with Crippen LogP contribution >= 0.6 is 0 Å². The smallest absolute Gasteiger partial charge is 0.410 e. The Labute approximate surface area is 147 Å². The van der Waals surface area contributed by atoms with Crippen LogP contribution in [0, 0.1) is 5.92 Å². The van der Waals surface area contributed by atoms with Crippen LogP contribution < -0.4 is 0 Å². The number of carbonyl (C=O) groups is 2. The molecule has 0 saturated heterocycles. The van der Waals surface area contributed by atoms with Gasteiger partial charge in [0.05, 0.1) is 12.2 Å². The van der Waals surface area contributed by atoms with Crippen LogP contribution in [0.3, 0.4) is 0 Å². The molecule has 8 nitrogen and oxygen atoms in total. The first kappa shape index (κ1) is 17.7. The lowest BCUT2D eigenvalue weighted by atomic mass is 10.1. The molecule has 0 aromatic carbocycles. The zero-order valence-corrected chi connectivity index (χ0v) is 15.3. The number of aliphatic hydroxyl groups is 1. The van der Waals surface area contributed by atoms with Gasteiger partial charge in [0, 0.05) is 51.2 Å². The van der Waals surface area contributed by atoms with Gasteiger partial charge in [-0.05, 0) is 20.8 Å². The van der Waals surface area contributed by atoms with Gasteiger partial charge < -0.3 is 19.6 Å². The van der Waals surface area contributed by atoms with Gasteiger partial charge in [-0.25, -0.2) is 4.79 Å². The molecule has 2 amide bonds. The minimum atomic E-state index is -0.558. The number of aromatic nitrogens is 2. The molecule has 0 fully saturated rings. The summed E-state index contributed by atoms with van der Waals surface area (Å²) < 4.78 is 7.16. The topological polar surface area (TPSA) is 87.9 Å². The van der Waals surface area contributed by atoms with E-state index in [0.717, 1.165) is 11.3 Å². The van der Waals surface area contributed by atoms with Gasteiger partial charge in [0.25, 0.3) is 5.91 Å². The fourth-order valence-corrected chi connectivity index (χ4v) is 3.35. The summed E-state index contributed by atoms with van der Waals surface area (Å²) in [6, 6.07) is 0. The third kappa shape index (κ3) is 3.49. The van der Waals surface area contributed by atoms with Gasteiger partial charge in [-0.1, -0.05) is 0 Å². The summed E-state index contributed by atoms with van der Waals surface area (Å²) >= 11 is 0. The SMILES string of the molecule is CN1CC(CO)Cn2nc3c(c2C1=O)CN(C(=O)OC(C)(C)C)CC3. The quantitative estimate of drug-likeness (QED) is 0.812. The first-order valence-electron chi connectivity index (χ1n) is 8.62. The molecule has 1 N–H and O–H groups in total. The van der Waals surface area contributed by atoms with Gasteiger partial charge in [0.15, 0.2) is 0 Å². The van der Waals surface area contributed by atoms with Gasteiger partial charge in [0.2, 0.25) is 0 Å². The van der Waals surface area contributed by atoms with Crippen molar-refractivity contribution in [1.29, 1.82) is 0 Å². The summed E-state index contributed by atoms with van der Waals surface area (Å²) in [5.74, 6) is -0.158. The highest BCUT2D eigenvalue weighted by Gasteiger charge is 2.35. The van der Waals surface area contributed by atoms with Gasteiger partial charge in [-0.15, -0.1) is 0 Å². The number of ether oxygens (including phenoxy) is 1. The number of carbonyl (C=O) groups excluding carboxylic acids is 2. The predicted octanol–water partition coefficient (Wildman–Crippen LogP) is 0.870. The van der Waals surface area contributed by atoms with Crippen LogP contribution in [-0.2, 0) is 24.2 Å². The Morgan fingerprint density at radius 2 is 2.08 bits per heavy atom. The molecular weight excluding hydrogens is 324 g/mol. The lowest BCUT2D eigenvalue weighted by Gasteiger charge is -2.30. The van der Waals surface area contributed by atoms with Crippen LogP contribution in [0.15, 0.2) is 0 Å². The van der Waals surface area contributed by atoms with Crippen LogP contribution in [0.2, 0.25) is 0 Å². The van der Waals surface area contributed by atoms with E-state index < -0.39 is 5.60 Å². The summed E-state index contributed by atoms with van der Waals surface area (Å²) in [7, 11) is 1.73. The van der Waals surface area contributed by atoms with E-state index >= 15 is 0 Å². The molecule has 3 rings (SSSR count). The molecule has 0 radical (unpaired) electrons. The standard InChI is InChI=1S/C17H26N4O4/c1-17(2,3)25-16(24)20-6-5-13-12(9-20)14-15(23)19(4)7-11(10-22)8-21(14)18-13/h11,22H,5-10H2,1-4H3. The second kappa shape index (κ2) is 6.33. The molecule has 138 valence electrons. The van der Waals surface area contributed by atoms with Gasteiger partial charge in [-0.2, -0.15) is 5.10 Å². The average molecular weight is 350 g/mol. The molecule has 3 heterocycles. The van der Waals surface area contributed by atoms with Gasteiger partial charge >= 0.3 is 6.09 Å². The monoisotopic (exact) mass is 350 g/mol. The third-order valence-corrected chi connectivity index (χ3v) is 4.52. The van der Waals surface area contributed by atoms with Crippen molar-refractivity contribution >= 4 is 12.0 Å². The van der Waals surface area contributed by atoms with Crippen molar-refractivity contribution in [3.8, 4) is 0 Å². The summed E-state index contributed by atoms with van der Waals surface area (Å²) in [4.78, 5) is 28.4. The van der Waals surface area contributed by atoms with E-state index in [1.807, 2.05) is 20.8 Å². The Morgan fingerprint density at radius 3 is 2.72 bits per heavy atom. The van der Waals surface area contributed by atoms with Crippen molar-refractivity contribution in [1.82, 2.24) is 19.6 Å². The van der Waals surface area contributed by atoms with E-state index in [1.165, 1.54) is 0 Å². The molecule has 0 bridgehead atoms. The fourth-order valence-electron chi connectivity index (χ4n) is 3.35. The second-order valence-electron chi connectivity index (χ2n) is 7.84. The maximum absolute atomic E-state index is 12.8. The molecule has 1 atom stereocenters. The summed E-state index contributed by atoms with van der Waals surface area (Å²) in [5.41, 5.74) is 1.63. The third-order valence-electron chi connectivity index (χ3n) is 4.52. The van der Waals surface area contributed by atoms with Crippen molar-refractivity contribution in [2.24, 2.45) is 5.92 Å². The Balaban J connectivity index is 1.89. The number of rotatable bonds is 1. The molecular formula is C17H26N4O4. The second-order valence-corrected chi connectivity index (χ2v) is 7.84. The van der Waals surface area contributed by atoms with Crippen LogP contribution in [0.5, 0.6) is 0 Å². The molecule has 1 aromatic heterocycles. The number of amides is 2. The van der Waals surface area contributed by atoms with Crippen molar-refractivity contribution in [3.63, 3.8) is 0 Å². The highest BCUT2D eigenvalue weighted by Crippen LogP contribution is 2.27. The average Bonchev–Trinajstić information content (AvgIpc) is 2.82. The van der Waals surface area contributed by atoms with Crippen molar-refractivity contribution in [3.05, 3.63) is 17.0 Å². The summed E-state index contributed by atoms with van der Waals surface area (Å²) in [6.45, 7) is 7.34. The van der Waals surface area contributed by atoms with Crippen molar-refractivity contribution in [2.45, 2.75) is 45.9 Å². The molecule has 0 saturated carbocycles. The normalized spacial score (nSPS) is 20.8. The zero-order valence-electron chi connectivity index (χ0n) is 15.3. The van der Waals surface area contributed by atoms with Crippen LogP contribution in [0.1, 0.15) is 42.5 Å². The largest absolute Gasteiger partial charge is 0.444 e. The van der Waals surface area contributed by atoms with Crippen molar-refractivity contribution in [2.75, 3.05) is 26.7 Å². The maximum atomic E-state index is 12.8. The van der Waals surface area contributed by atoms with E-state index in [0.29, 0.717) is 38.3 Å². The lowest BCUT2D eigenvalue weighted by molar-refractivity contribution is 0.0222. The molecule has 0 aliphatic carbocycles. The highest BCUT2D eigenvalue weighted by atomic mass is 16.6. The number of aliphatic hydroxyl groups excluding tert-OH is 1. The van der Waals surface area contributed by atoms with Crippen LogP contribution in [0.4, 0.5) is 4.79 Å². The number of nitrogens with zero attached hydrogens (tertiary/aromatic N) is 4. The van der Waals surface area contributed by atoms with Crippen molar-refractivity contribution < 1.29 is 19.4 Å². The summed E-state index contributed by atoms with van der Waals surface area (Å²) in [5, 5.41) is 14.1. The zero-order chi connectivity index (χ0) is 18.4. The number of fused-ring (bicyclic) bond motifs is 3. The molecule has 1 unspecified atom stereocenters. The molecule has 2 aliphatic rings. The highest BCUT2D eigenvalue weighted by molar-refractivity contribution is 5.94. The molecule has 8 heteroatoms. The van der Waals surface area contributed by atoms with E-state index in [4.69, 9.17) is 4.74 Å². The maximum Gasteiger partial charge on any atom is 0.410 e. The van der Waals surface area contributed by atoms with Crippen LogP contribution in [-0.4, -0.2) is 69.0 Å². The molecule has 25 heavy (non-hydrogen) atoms. The minimum Gasteiger partial charge on any atom is -0.444 e. The lowest BCUT2D eigenvalue weighted by Crippen LogP contribution is -2.40. The minimum absolute atomic E-state index is 0.00558. The number of hydrogen-bond donors (Lipinski definition) is 1. The molecule has 1 aromatic rings. The fraction of sp³-hybridized carbons (Fsp3) is 0.706. The summed E-state index contributed by atoms with van der Waals surface area (Å²) in [6.07, 6.45) is 0.218. The van der Waals surface area contributed by atoms with Crippen LogP contribution in [0.25, 0.3) is 0 Å². The Kier molecular flexibility index (Phi) is 4.49. The van der Waals surface area contributed by atoms with E-state index in [-0.39, 0.29) is 24.5 Å². The van der Waals surface area contributed by atoms with E-state index in [1.54, 1.807) is 21.5 Å². The van der Waals surface area contributed by atoms with Gasteiger partial charge in [-0.3, -0.25) is 9.48 Å².